The summed E-state index contributed by atoms with van der Waals surface area (Å²) < 4.78 is 5.64. The van der Waals surface area contributed by atoms with Crippen LogP contribution in [0.1, 0.15) is 0 Å². The van der Waals surface area contributed by atoms with Gasteiger partial charge in [0, 0.05) is 6.07 Å². The van der Waals surface area contributed by atoms with E-state index in [-0.39, 0.29) is 32.0 Å². The Hall–Kier alpha value is -1.44. The number of rotatable bonds is 3. The first-order valence-electron chi connectivity index (χ1n) is 4.77. The lowest BCUT2D eigenvalue weighted by Gasteiger charge is -2.08. The van der Waals surface area contributed by atoms with Crippen molar-refractivity contribution in [3.63, 3.8) is 0 Å². The van der Waals surface area contributed by atoms with Crippen molar-refractivity contribution < 1.29 is 9.66 Å². The van der Waals surface area contributed by atoms with Crippen LogP contribution in [0.5, 0.6) is 11.6 Å². The summed E-state index contributed by atoms with van der Waals surface area (Å²) in [4.78, 5) is 17.9. The average Bonchev–Trinajstić information content (AvgIpc) is 2.36. The number of benzene rings is 1. The Bertz CT molecular complexity index is 654. The normalized spacial score (nSPS) is 10.3. The number of nitrogens with zero attached hydrogens (tertiary/aromatic N) is 3. The van der Waals surface area contributed by atoms with Gasteiger partial charge in [0.05, 0.1) is 9.95 Å². The number of aromatic nitrogens is 2. The molecule has 0 aliphatic heterocycles. The summed E-state index contributed by atoms with van der Waals surface area (Å²) in [6, 6.07) is 4.20. The number of hydrogen-bond donors (Lipinski definition) is 0. The maximum absolute atomic E-state index is 10.9. The van der Waals surface area contributed by atoms with Crippen LogP contribution >= 0.6 is 39.1 Å². The molecule has 0 aliphatic carbocycles. The highest BCUT2D eigenvalue weighted by Crippen LogP contribution is 2.39. The van der Waals surface area contributed by atoms with Gasteiger partial charge >= 0.3 is 5.69 Å². The maximum Gasteiger partial charge on any atom is 0.313 e. The summed E-state index contributed by atoms with van der Waals surface area (Å²) in [6.07, 6.45) is 1.17. The van der Waals surface area contributed by atoms with Gasteiger partial charge in [-0.2, -0.15) is 0 Å². The molecule has 0 N–H and O–H groups in total. The average molecular weight is 365 g/mol. The van der Waals surface area contributed by atoms with Crippen molar-refractivity contribution >= 4 is 44.8 Å². The van der Waals surface area contributed by atoms with Crippen LogP contribution in [0.15, 0.2) is 29.0 Å². The van der Waals surface area contributed by atoms with Crippen LogP contribution in [0, 0.1) is 10.1 Å². The van der Waals surface area contributed by atoms with Gasteiger partial charge in [0.2, 0.25) is 11.6 Å². The fourth-order valence-electron chi connectivity index (χ4n) is 1.24. The molecule has 0 radical (unpaired) electrons. The maximum atomic E-state index is 10.9. The highest BCUT2D eigenvalue weighted by molar-refractivity contribution is 9.10. The van der Waals surface area contributed by atoms with Gasteiger partial charge < -0.3 is 4.74 Å². The number of hydrogen-bond acceptors (Lipinski definition) is 5. The van der Waals surface area contributed by atoms with E-state index < -0.39 is 4.92 Å². The molecule has 2 aromatic rings. The van der Waals surface area contributed by atoms with E-state index in [0.717, 1.165) is 0 Å². The SMILES string of the molecule is O=[N+]([O-])c1cccc(Cl)c1Oc1ncnc(Cl)c1Br. The standard InChI is InChI=1S/C10H4BrCl2N3O3/c11-7-9(13)14-4-15-10(7)19-8-5(12)2-1-3-6(8)16(17)18/h1-4H. The molecule has 1 aromatic heterocycles. The molecule has 0 bridgehead atoms. The smallest absolute Gasteiger partial charge is 0.313 e. The predicted octanol–water partition coefficient (Wildman–Crippen LogP) is 4.25. The number of nitro benzene ring substituents is 1. The zero-order valence-electron chi connectivity index (χ0n) is 9.01. The minimum atomic E-state index is -0.599. The van der Waals surface area contributed by atoms with Crippen molar-refractivity contribution in [3.05, 3.63) is 49.3 Å². The van der Waals surface area contributed by atoms with Crippen LogP contribution in [0.25, 0.3) is 0 Å². The zero-order chi connectivity index (χ0) is 14.0. The van der Waals surface area contributed by atoms with Crippen molar-refractivity contribution in [2.45, 2.75) is 0 Å². The molecular weight excluding hydrogens is 361 g/mol. The van der Waals surface area contributed by atoms with Crippen LogP contribution < -0.4 is 4.74 Å². The summed E-state index contributed by atoms with van der Waals surface area (Å²) in [6.45, 7) is 0. The molecule has 0 fully saturated rings. The summed E-state index contributed by atoms with van der Waals surface area (Å²) in [7, 11) is 0. The Balaban J connectivity index is 2.49. The number of halogens is 3. The Morgan fingerprint density at radius 3 is 2.74 bits per heavy atom. The molecule has 0 amide bonds. The largest absolute Gasteiger partial charge is 0.429 e. The van der Waals surface area contributed by atoms with E-state index in [1.54, 1.807) is 0 Å². The molecule has 1 heterocycles. The minimum Gasteiger partial charge on any atom is -0.429 e. The minimum absolute atomic E-state index is 0.0381. The lowest BCUT2D eigenvalue weighted by Crippen LogP contribution is -1.96. The van der Waals surface area contributed by atoms with Crippen LogP contribution in [0.3, 0.4) is 0 Å². The molecule has 19 heavy (non-hydrogen) atoms. The third-order valence-electron chi connectivity index (χ3n) is 2.06. The molecule has 1 aromatic carbocycles. The molecule has 0 aliphatic rings. The highest BCUT2D eigenvalue weighted by atomic mass is 79.9. The second-order valence-electron chi connectivity index (χ2n) is 3.23. The molecule has 0 spiro atoms. The van der Waals surface area contributed by atoms with E-state index in [1.165, 1.54) is 24.5 Å². The molecule has 9 heteroatoms. The lowest BCUT2D eigenvalue weighted by atomic mass is 10.3. The molecule has 0 unspecified atom stereocenters. The molecule has 98 valence electrons. The molecule has 0 saturated carbocycles. The third kappa shape index (κ3) is 2.94. The Morgan fingerprint density at radius 1 is 1.32 bits per heavy atom. The Labute approximate surface area is 125 Å². The molecule has 0 atom stereocenters. The van der Waals surface area contributed by atoms with E-state index >= 15 is 0 Å². The van der Waals surface area contributed by atoms with E-state index in [0.29, 0.717) is 0 Å². The first-order valence-corrected chi connectivity index (χ1v) is 6.32. The molecular formula is C10H4BrCl2N3O3. The first kappa shape index (κ1) is 14.0. The fraction of sp³-hybridized carbons (Fsp3) is 0. The monoisotopic (exact) mass is 363 g/mol. The molecule has 2 rings (SSSR count). The van der Waals surface area contributed by atoms with E-state index in [1.807, 2.05) is 0 Å². The van der Waals surface area contributed by atoms with Crippen LogP contribution in [0.4, 0.5) is 5.69 Å². The summed E-state index contributed by atoms with van der Waals surface area (Å²) >= 11 is 14.8. The lowest BCUT2D eigenvalue weighted by molar-refractivity contribution is -0.385. The quantitative estimate of drug-likeness (QED) is 0.462. The predicted molar refractivity (Wildman–Crippen MR) is 72.9 cm³/mol. The molecule has 0 saturated heterocycles. The first-order chi connectivity index (χ1) is 9.00. The number of nitro groups is 1. The number of para-hydroxylation sites is 1. The van der Waals surface area contributed by atoms with Gasteiger partial charge in [0.25, 0.3) is 0 Å². The highest BCUT2D eigenvalue weighted by Gasteiger charge is 2.21. The van der Waals surface area contributed by atoms with Crippen LogP contribution in [-0.4, -0.2) is 14.9 Å². The van der Waals surface area contributed by atoms with Crippen molar-refractivity contribution in [1.29, 1.82) is 0 Å². The van der Waals surface area contributed by atoms with Gasteiger partial charge in [-0.1, -0.05) is 29.3 Å². The van der Waals surface area contributed by atoms with Gasteiger partial charge in [-0.05, 0) is 22.0 Å². The van der Waals surface area contributed by atoms with Crippen molar-refractivity contribution in [2.75, 3.05) is 0 Å². The Morgan fingerprint density at radius 2 is 2.05 bits per heavy atom. The van der Waals surface area contributed by atoms with E-state index in [2.05, 4.69) is 25.9 Å². The summed E-state index contributed by atoms with van der Waals surface area (Å²) in [5.41, 5.74) is -0.269. The van der Waals surface area contributed by atoms with E-state index in [4.69, 9.17) is 27.9 Å². The topological polar surface area (TPSA) is 78.2 Å². The summed E-state index contributed by atoms with van der Waals surface area (Å²) in [5, 5.41) is 11.1. The van der Waals surface area contributed by atoms with Gasteiger partial charge in [0.1, 0.15) is 10.8 Å². The number of ether oxygens (including phenoxy) is 1. The van der Waals surface area contributed by atoms with Gasteiger partial charge in [-0.15, -0.1) is 0 Å². The fourth-order valence-corrected chi connectivity index (χ4v) is 1.86. The van der Waals surface area contributed by atoms with Crippen molar-refractivity contribution in [2.24, 2.45) is 0 Å². The third-order valence-corrected chi connectivity index (χ3v) is 3.58. The second-order valence-corrected chi connectivity index (χ2v) is 4.79. The second kappa shape index (κ2) is 5.68. The van der Waals surface area contributed by atoms with Gasteiger partial charge in [-0.3, -0.25) is 10.1 Å². The van der Waals surface area contributed by atoms with Crippen molar-refractivity contribution in [1.82, 2.24) is 9.97 Å². The zero-order valence-corrected chi connectivity index (χ0v) is 12.1. The van der Waals surface area contributed by atoms with Crippen LogP contribution in [-0.2, 0) is 0 Å². The molecule has 6 nitrogen and oxygen atoms in total. The van der Waals surface area contributed by atoms with Crippen molar-refractivity contribution in [3.8, 4) is 11.6 Å². The van der Waals surface area contributed by atoms with Gasteiger partial charge in [0.15, 0.2) is 5.15 Å². The summed E-state index contributed by atoms with van der Waals surface area (Å²) in [5.74, 6) is -0.0687. The van der Waals surface area contributed by atoms with Crippen LogP contribution in [0.2, 0.25) is 10.2 Å². The Kier molecular flexibility index (Phi) is 4.18. The van der Waals surface area contributed by atoms with E-state index in [9.17, 15) is 10.1 Å². The van der Waals surface area contributed by atoms with Gasteiger partial charge in [-0.25, -0.2) is 9.97 Å².